The van der Waals surface area contributed by atoms with Gasteiger partial charge in [-0.05, 0) is 62.9 Å². The Labute approximate surface area is 176 Å². The van der Waals surface area contributed by atoms with Crippen LogP contribution >= 0.6 is 0 Å². The van der Waals surface area contributed by atoms with Crippen LogP contribution in [0.15, 0.2) is 46.7 Å². The molecule has 3 aliphatic rings. The summed E-state index contributed by atoms with van der Waals surface area (Å²) in [6.45, 7) is 15.1. The van der Waals surface area contributed by atoms with Gasteiger partial charge in [-0.3, -0.25) is 9.59 Å². The third-order valence-corrected chi connectivity index (χ3v) is 7.28. The van der Waals surface area contributed by atoms with E-state index in [1.54, 1.807) is 6.08 Å². The normalized spacial score (nSPS) is 36.6. The summed E-state index contributed by atoms with van der Waals surface area (Å²) in [5, 5.41) is 2.89. The van der Waals surface area contributed by atoms with Crippen molar-refractivity contribution < 1.29 is 9.59 Å². The van der Waals surface area contributed by atoms with Gasteiger partial charge in [0.1, 0.15) is 0 Å². The summed E-state index contributed by atoms with van der Waals surface area (Å²) < 4.78 is 0. The first-order valence-corrected chi connectivity index (χ1v) is 11.2. The molecule has 3 heteroatoms. The summed E-state index contributed by atoms with van der Waals surface area (Å²) in [7, 11) is 0. The standard InChI is InChI=1S/C26H37NO2/c1-8-17(5)22-18(6)14-26(7)13-16(4)9-10-21(26)23(22)24(28)20-12-19(11-15(2)3)27-25(20)29/h8,11-12,14-16,21-23H,9-10,13H2,1-7H3,(H,27,29)/b17-8+,19-11-/t16-,21+,22-,23+,26+/m0/s1. The molecular formula is C26H37NO2. The predicted octanol–water partition coefficient (Wildman–Crippen LogP) is 5.75. The smallest absolute Gasteiger partial charge is 0.259 e. The quantitative estimate of drug-likeness (QED) is 0.486. The zero-order valence-corrected chi connectivity index (χ0v) is 19.1. The van der Waals surface area contributed by atoms with Crippen molar-refractivity contribution in [2.24, 2.45) is 35.0 Å². The Balaban J connectivity index is 2.07. The first kappa shape index (κ1) is 21.8. The van der Waals surface area contributed by atoms with E-state index in [9.17, 15) is 9.59 Å². The molecule has 1 fully saturated rings. The van der Waals surface area contributed by atoms with Crippen LogP contribution in [-0.2, 0) is 9.59 Å². The summed E-state index contributed by atoms with van der Waals surface area (Å²) in [5.74, 6) is 0.981. The molecule has 1 aliphatic heterocycles. The number of carbonyl (C=O) groups is 2. The first-order valence-electron chi connectivity index (χ1n) is 11.2. The highest BCUT2D eigenvalue weighted by atomic mass is 16.2. The summed E-state index contributed by atoms with van der Waals surface area (Å²) >= 11 is 0. The molecule has 1 saturated carbocycles. The van der Waals surface area contributed by atoms with E-state index < -0.39 is 0 Å². The average molecular weight is 396 g/mol. The maximum absolute atomic E-state index is 13.9. The van der Waals surface area contributed by atoms with Crippen molar-refractivity contribution in [3.63, 3.8) is 0 Å². The Morgan fingerprint density at radius 3 is 2.62 bits per heavy atom. The number of rotatable bonds is 4. The number of nitrogens with one attached hydrogen (secondary N) is 1. The lowest BCUT2D eigenvalue weighted by Gasteiger charge is -2.52. The van der Waals surface area contributed by atoms with Gasteiger partial charge >= 0.3 is 0 Å². The number of amides is 1. The molecule has 158 valence electrons. The summed E-state index contributed by atoms with van der Waals surface area (Å²) in [4.78, 5) is 26.6. The van der Waals surface area contributed by atoms with Crippen molar-refractivity contribution >= 4 is 11.7 Å². The molecule has 3 nitrogen and oxygen atoms in total. The molecule has 0 aromatic heterocycles. The van der Waals surface area contributed by atoms with Crippen LogP contribution in [0.3, 0.4) is 0 Å². The first-order chi connectivity index (χ1) is 13.6. The molecule has 0 unspecified atom stereocenters. The van der Waals surface area contributed by atoms with E-state index in [4.69, 9.17) is 0 Å². The van der Waals surface area contributed by atoms with Crippen LogP contribution in [0.25, 0.3) is 0 Å². The predicted molar refractivity (Wildman–Crippen MR) is 119 cm³/mol. The highest BCUT2D eigenvalue weighted by molar-refractivity contribution is 6.22. The second-order valence-corrected chi connectivity index (χ2v) is 10.2. The molecule has 0 aromatic carbocycles. The highest BCUT2D eigenvalue weighted by Gasteiger charge is 2.51. The molecule has 2 aliphatic carbocycles. The second-order valence-electron chi connectivity index (χ2n) is 10.2. The van der Waals surface area contributed by atoms with E-state index in [2.05, 4.69) is 59.0 Å². The van der Waals surface area contributed by atoms with Crippen molar-refractivity contribution in [2.75, 3.05) is 0 Å². The lowest BCUT2D eigenvalue weighted by atomic mass is 9.52. The second kappa shape index (κ2) is 8.08. The third kappa shape index (κ3) is 4.06. The van der Waals surface area contributed by atoms with Gasteiger partial charge in [-0.1, -0.05) is 63.5 Å². The average Bonchev–Trinajstić information content (AvgIpc) is 2.97. The van der Waals surface area contributed by atoms with Crippen LogP contribution in [0, 0.1) is 35.0 Å². The molecule has 29 heavy (non-hydrogen) atoms. The summed E-state index contributed by atoms with van der Waals surface area (Å²) in [5.41, 5.74) is 3.64. The molecule has 0 saturated heterocycles. The van der Waals surface area contributed by atoms with Gasteiger partial charge in [0.2, 0.25) is 0 Å². The van der Waals surface area contributed by atoms with E-state index in [0.717, 1.165) is 25.0 Å². The molecule has 1 heterocycles. The van der Waals surface area contributed by atoms with Crippen LogP contribution < -0.4 is 5.32 Å². The van der Waals surface area contributed by atoms with Gasteiger partial charge in [0.15, 0.2) is 5.78 Å². The number of carbonyl (C=O) groups excluding carboxylic acids is 2. The van der Waals surface area contributed by atoms with Crippen molar-refractivity contribution in [1.82, 2.24) is 5.32 Å². The molecule has 1 amide bonds. The minimum Gasteiger partial charge on any atom is -0.322 e. The molecular weight excluding hydrogens is 358 g/mol. The Morgan fingerprint density at radius 2 is 2.00 bits per heavy atom. The minimum atomic E-state index is -0.239. The molecule has 5 atom stereocenters. The van der Waals surface area contributed by atoms with Crippen molar-refractivity contribution in [2.45, 2.75) is 67.7 Å². The fourth-order valence-electron chi connectivity index (χ4n) is 6.10. The van der Waals surface area contributed by atoms with E-state index in [1.807, 2.05) is 13.0 Å². The van der Waals surface area contributed by atoms with Crippen molar-refractivity contribution in [3.05, 3.63) is 46.7 Å². The largest absolute Gasteiger partial charge is 0.322 e. The lowest BCUT2D eigenvalue weighted by Crippen LogP contribution is -2.48. The van der Waals surface area contributed by atoms with Gasteiger partial charge in [0.05, 0.1) is 5.57 Å². The molecule has 0 radical (unpaired) electrons. The monoisotopic (exact) mass is 395 g/mol. The number of hydrogen-bond donors (Lipinski definition) is 1. The minimum absolute atomic E-state index is 0.0266. The topological polar surface area (TPSA) is 46.2 Å². The van der Waals surface area contributed by atoms with E-state index in [1.165, 1.54) is 11.1 Å². The Kier molecular flexibility index (Phi) is 6.08. The SMILES string of the molecule is C/C=C(\C)[C@H]1C(C)=C[C@@]2(C)C[C@@H](C)CC[C@@H]2[C@H]1C(=O)C1=C/C(=C/C(C)C)NC1=O. The maximum Gasteiger partial charge on any atom is 0.259 e. The van der Waals surface area contributed by atoms with E-state index >= 15 is 0 Å². The third-order valence-electron chi connectivity index (χ3n) is 7.28. The van der Waals surface area contributed by atoms with Gasteiger partial charge in [-0.15, -0.1) is 0 Å². The maximum atomic E-state index is 13.9. The van der Waals surface area contributed by atoms with E-state index in [0.29, 0.717) is 17.4 Å². The van der Waals surface area contributed by atoms with Gasteiger partial charge < -0.3 is 5.32 Å². The molecule has 0 bridgehead atoms. The van der Waals surface area contributed by atoms with Crippen LogP contribution in [0.5, 0.6) is 0 Å². The van der Waals surface area contributed by atoms with Crippen molar-refractivity contribution in [3.8, 4) is 0 Å². The van der Waals surface area contributed by atoms with Crippen LogP contribution in [0.4, 0.5) is 0 Å². The molecule has 0 spiro atoms. The summed E-state index contributed by atoms with van der Waals surface area (Å²) in [6.07, 6.45) is 11.7. The Morgan fingerprint density at radius 1 is 1.31 bits per heavy atom. The highest BCUT2D eigenvalue weighted by Crippen LogP contribution is 2.56. The number of allylic oxidation sites excluding steroid dienone is 6. The zero-order chi connectivity index (χ0) is 21.5. The van der Waals surface area contributed by atoms with E-state index in [-0.39, 0.29) is 34.9 Å². The molecule has 1 N–H and O–H groups in total. The van der Waals surface area contributed by atoms with Gasteiger partial charge in [0, 0.05) is 17.5 Å². The fraction of sp³-hybridized carbons (Fsp3) is 0.615. The number of fused-ring (bicyclic) bond motifs is 1. The summed E-state index contributed by atoms with van der Waals surface area (Å²) in [6, 6.07) is 0. The van der Waals surface area contributed by atoms with Crippen LogP contribution in [0.2, 0.25) is 0 Å². The number of hydrogen-bond acceptors (Lipinski definition) is 2. The lowest BCUT2D eigenvalue weighted by molar-refractivity contribution is -0.128. The Hall–Kier alpha value is -1.90. The molecule has 3 rings (SSSR count). The molecule has 0 aromatic rings. The zero-order valence-electron chi connectivity index (χ0n) is 19.1. The van der Waals surface area contributed by atoms with Gasteiger partial charge in [0.25, 0.3) is 5.91 Å². The van der Waals surface area contributed by atoms with Crippen LogP contribution in [0.1, 0.15) is 67.7 Å². The number of ketones is 1. The van der Waals surface area contributed by atoms with Gasteiger partial charge in [-0.2, -0.15) is 0 Å². The Bertz CT molecular complexity index is 826. The number of Topliss-reactive ketones (excluding diaryl/α,β-unsaturated/α-hetero) is 1. The van der Waals surface area contributed by atoms with Crippen LogP contribution in [-0.4, -0.2) is 11.7 Å². The van der Waals surface area contributed by atoms with Gasteiger partial charge in [-0.25, -0.2) is 0 Å². The van der Waals surface area contributed by atoms with Crippen molar-refractivity contribution in [1.29, 1.82) is 0 Å². The fourth-order valence-corrected chi connectivity index (χ4v) is 6.10.